The summed E-state index contributed by atoms with van der Waals surface area (Å²) in [5.41, 5.74) is 8.29. The summed E-state index contributed by atoms with van der Waals surface area (Å²) in [5, 5.41) is 15.4. The summed E-state index contributed by atoms with van der Waals surface area (Å²) in [5.74, 6) is 1.03. The zero-order valence-corrected chi connectivity index (χ0v) is 18.5. The summed E-state index contributed by atoms with van der Waals surface area (Å²) in [6, 6.07) is 14.2. The van der Waals surface area contributed by atoms with Crippen LogP contribution in [0.1, 0.15) is 52.8 Å². The van der Waals surface area contributed by atoms with Crippen LogP contribution in [0.15, 0.2) is 58.0 Å². The predicted octanol–water partition coefficient (Wildman–Crippen LogP) is 5.24. The van der Waals surface area contributed by atoms with Crippen molar-refractivity contribution in [2.75, 3.05) is 10.3 Å². The van der Waals surface area contributed by atoms with Crippen LogP contribution in [0.5, 0.6) is 0 Å². The number of hydrogen-bond donors (Lipinski definition) is 1. The monoisotopic (exact) mass is 444 g/mol. The number of nitro groups is 1. The maximum atomic E-state index is 13.6. The van der Waals surface area contributed by atoms with Gasteiger partial charge < -0.3 is 9.32 Å². The maximum absolute atomic E-state index is 13.6. The minimum atomic E-state index is -0.434. The van der Waals surface area contributed by atoms with Gasteiger partial charge in [-0.3, -0.25) is 20.3 Å². The Morgan fingerprint density at radius 3 is 2.70 bits per heavy atom. The largest absolute Gasteiger partial charge is 0.455 e. The summed E-state index contributed by atoms with van der Waals surface area (Å²) in [6.45, 7) is 3.96. The van der Waals surface area contributed by atoms with Crippen LogP contribution in [-0.4, -0.2) is 22.6 Å². The molecular formula is C25H24N4O4. The standard InChI is InChI=1S/C25H24N4O4/c1-15-14-17-6-3-4-8-21(17)28(15)25(30)24-16(2)23-20(7-5-9-22(23)33-24)27-26-18-10-12-19(13-11-18)29(31)32/h3-4,6,8,10-13,15,26H,5,7,9,14H2,1-2H3/b27-20+. The zero-order chi connectivity index (χ0) is 23.1. The van der Waals surface area contributed by atoms with Gasteiger partial charge in [0, 0.05) is 41.4 Å². The van der Waals surface area contributed by atoms with Gasteiger partial charge in [-0.25, -0.2) is 0 Å². The van der Waals surface area contributed by atoms with Gasteiger partial charge in [0.05, 0.1) is 16.3 Å². The Kier molecular flexibility index (Phi) is 5.20. The van der Waals surface area contributed by atoms with Crippen LogP contribution < -0.4 is 10.3 Å². The summed E-state index contributed by atoms with van der Waals surface area (Å²) in [7, 11) is 0. The number of rotatable bonds is 4. The second-order valence-electron chi connectivity index (χ2n) is 8.54. The molecule has 0 fully saturated rings. The van der Waals surface area contributed by atoms with E-state index in [9.17, 15) is 14.9 Å². The van der Waals surface area contributed by atoms with Gasteiger partial charge in [-0.1, -0.05) is 18.2 Å². The Bertz CT molecular complexity index is 1280. The van der Waals surface area contributed by atoms with Crippen molar-refractivity contribution in [3.63, 3.8) is 0 Å². The van der Waals surface area contributed by atoms with Gasteiger partial charge in [0.25, 0.3) is 11.6 Å². The number of para-hydroxylation sites is 1. The van der Waals surface area contributed by atoms with Crippen molar-refractivity contribution in [2.24, 2.45) is 5.10 Å². The van der Waals surface area contributed by atoms with E-state index in [1.165, 1.54) is 17.7 Å². The molecule has 0 radical (unpaired) electrons. The first-order chi connectivity index (χ1) is 15.9. The van der Waals surface area contributed by atoms with Crippen molar-refractivity contribution in [1.82, 2.24) is 0 Å². The smallest absolute Gasteiger partial charge is 0.294 e. The number of furan rings is 1. The minimum Gasteiger partial charge on any atom is -0.455 e. The highest BCUT2D eigenvalue weighted by molar-refractivity contribution is 6.11. The molecule has 0 saturated carbocycles. The maximum Gasteiger partial charge on any atom is 0.294 e. The van der Waals surface area contributed by atoms with E-state index >= 15 is 0 Å². The van der Waals surface area contributed by atoms with Gasteiger partial charge in [0.15, 0.2) is 5.76 Å². The van der Waals surface area contributed by atoms with E-state index in [1.807, 2.05) is 30.0 Å². The molecule has 0 saturated heterocycles. The highest BCUT2D eigenvalue weighted by Crippen LogP contribution is 2.36. The third kappa shape index (κ3) is 3.67. The van der Waals surface area contributed by atoms with E-state index in [0.29, 0.717) is 11.4 Å². The number of nitro benzene ring substituents is 1. The molecule has 0 bridgehead atoms. The molecule has 1 atom stereocenters. The van der Waals surface area contributed by atoms with Gasteiger partial charge in [0.2, 0.25) is 0 Å². The highest BCUT2D eigenvalue weighted by atomic mass is 16.6. The molecule has 2 aromatic carbocycles. The van der Waals surface area contributed by atoms with E-state index in [1.54, 1.807) is 12.1 Å². The van der Waals surface area contributed by atoms with Crippen LogP contribution in [0.2, 0.25) is 0 Å². The number of carbonyl (C=O) groups is 1. The van der Waals surface area contributed by atoms with Crippen LogP contribution >= 0.6 is 0 Å². The lowest BCUT2D eigenvalue weighted by molar-refractivity contribution is -0.384. The third-order valence-corrected chi connectivity index (χ3v) is 6.34. The normalized spacial score (nSPS) is 18.2. The van der Waals surface area contributed by atoms with Crippen molar-refractivity contribution in [1.29, 1.82) is 0 Å². The van der Waals surface area contributed by atoms with Crippen molar-refractivity contribution in [3.05, 3.63) is 86.9 Å². The van der Waals surface area contributed by atoms with Crippen molar-refractivity contribution < 1.29 is 14.1 Å². The molecule has 0 spiro atoms. The first-order valence-corrected chi connectivity index (χ1v) is 11.0. The lowest BCUT2D eigenvalue weighted by Crippen LogP contribution is -2.35. The number of amides is 1. The number of hydrazone groups is 1. The molecule has 1 N–H and O–H groups in total. The summed E-state index contributed by atoms with van der Waals surface area (Å²) < 4.78 is 6.12. The number of carbonyl (C=O) groups excluding carboxylic acids is 1. The molecule has 1 aromatic heterocycles. The third-order valence-electron chi connectivity index (χ3n) is 6.34. The fourth-order valence-corrected chi connectivity index (χ4v) is 4.76. The lowest BCUT2D eigenvalue weighted by atomic mass is 9.93. The van der Waals surface area contributed by atoms with Gasteiger partial charge >= 0.3 is 0 Å². The molecule has 1 aliphatic carbocycles. The highest BCUT2D eigenvalue weighted by Gasteiger charge is 2.36. The van der Waals surface area contributed by atoms with Gasteiger partial charge in [-0.15, -0.1) is 0 Å². The van der Waals surface area contributed by atoms with Crippen LogP contribution in [0.4, 0.5) is 17.1 Å². The van der Waals surface area contributed by atoms with Gasteiger partial charge in [0.1, 0.15) is 5.76 Å². The zero-order valence-electron chi connectivity index (χ0n) is 18.5. The molecule has 2 heterocycles. The van der Waals surface area contributed by atoms with Gasteiger partial charge in [-0.05, 0) is 56.9 Å². The topological polar surface area (TPSA) is 101 Å². The lowest BCUT2D eigenvalue weighted by Gasteiger charge is -2.21. The first-order valence-electron chi connectivity index (χ1n) is 11.0. The fraction of sp³-hybridized carbons (Fsp3) is 0.280. The number of benzene rings is 2. The quantitative estimate of drug-likeness (QED) is 0.438. The number of fused-ring (bicyclic) bond motifs is 2. The van der Waals surface area contributed by atoms with Crippen molar-refractivity contribution in [2.45, 2.75) is 45.6 Å². The average Bonchev–Trinajstić information content (AvgIpc) is 3.34. The fourth-order valence-electron chi connectivity index (χ4n) is 4.76. The first kappa shape index (κ1) is 20.9. The molecule has 33 heavy (non-hydrogen) atoms. The van der Waals surface area contributed by atoms with Crippen LogP contribution in [0, 0.1) is 17.0 Å². The average molecular weight is 444 g/mol. The van der Waals surface area contributed by atoms with Crippen molar-refractivity contribution in [3.8, 4) is 0 Å². The molecule has 1 aliphatic heterocycles. The number of nitrogens with one attached hydrogen (secondary N) is 1. The second-order valence-corrected chi connectivity index (χ2v) is 8.54. The predicted molar refractivity (Wildman–Crippen MR) is 126 cm³/mol. The number of aryl methyl sites for hydroxylation is 1. The molecule has 168 valence electrons. The number of nitrogens with zero attached hydrogens (tertiary/aromatic N) is 3. The molecule has 5 rings (SSSR count). The Morgan fingerprint density at radius 1 is 1.18 bits per heavy atom. The Hall–Kier alpha value is -3.94. The summed E-state index contributed by atoms with van der Waals surface area (Å²) in [4.78, 5) is 25.8. The van der Waals surface area contributed by atoms with Crippen molar-refractivity contribution >= 4 is 28.7 Å². The second kappa shape index (κ2) is 8.20. The number of anilines is 2. The summed E-state index contributed by atoms with van der Waals surface area (Å²) in [6.07, 6.45) is 3.21. The minimum absolute atomic E-state index is 0.0275. The van der Waals surface area contributed by atoms with E-state index < -0.39 is 4.92 Å². The molecular weight excluding hydrogens is 420 g/mol. The SMILES string of the molecule is Cc1c(C(=O)N2c3ccccc3CC2C)oc2c1/C(=N/Nc1ccc([N+](=O)[O-])cc1)CCC2. The van der Waals surface area contributed by atoms with Gasteiger partial charge in [-0.2, -0.15) is 5.10 Å². The molecule has 1 amide bonds. The van der Waals surface area contributed by atoms with E-state index in [0.717, 1.165) is 54.0 Å². The Morgan fingerprint density at radius 2 is 1.94 bits per heavy atom. The molecule has 1 unspecified atom stereocenters. The Labute approximate surface area is 191 Å². The Balaban J connectivity index is 1.44. The number of non-ortho nitro benzene ring substituents is 1. The molecule has 8 nitrogen and oxygen atoms in total. The van der Waals surface area contributed by atoms with Crippen LogP contribution in [0.25, 0.3) is 0 Å². The van der Waals surface area contributed by atoms with Crippen LogP contribution in [-0.2, 0) is 12.8 Å². The molecule has 8 heteroatoms. The summed E-state index contributed by atoms with van der Waals surface area (Å²) >= 11 is 0. The van der Waals surface area contributed by atoms with E-state index in [-0.39, 0.29) is 17.6 Å². The van der Waals surface area contributed by atoms with Crippen LogP contribution in [0.3, 0.4) is 0 Å². The molecule has 2 aliphatic rings. The molecule has 3 aromatic rings. The van der Waals surface area contributed by atoms with E-state index in [4.69, 9.17) is 4.42 Å². The van der Waals surface area contributed by atoms with E-state index in [2.05, 4.69) is 23.5 Å². The number of hydrogen-bond acceptors (Lipinski definition) is 6.